The number of ether oxygens (including phenoxy) is 2. The molecule has 106 valence electrons. The molecular weight excluding hydrogens is 282 g/mol. The van der Waals surface area contributed by atoms with Crippen LogP contribution >= 0.6 is 11.6 Å². The minimum atomic E-state index is -3.08. The molecule has 0 aliphatic carbocycles. The summed E-state index contributed by atoms with van der Waals surface area (Å²) in [7, 11) is 0. The van der Waals surface area contributed by atoms with Gasteiger partial charge >= 0.3 is 12.7 Å². The van der Waals surface area contributed by atoms with Crippen molar-refractivity contribution in [2.45, 2.75) is 33.0 Å². The summed E-state index contributed by atoms with van der Waals surface area (Å²) < 4.78 is 33.5. The van der Waals surface area contributed by atoms with Gasteiger partial charge in [-0.2, -0.15) is 13.8 Å². The standard InChI is InChI=1S/C11H13ClF2N2O3/c1-11(2,3)19-10(17)15-6-4-5-7(12)16-8(6)18-9(13)14/h4-5,9H,1-3H3,(H,15,17). The summed E-state index contributed by atoms with van der Waals surface area (Å²) in [4.78, 5) is 15.1. The lowest BCUT2D eigenvalue weighted by Crippen LogP contribution is -2.27. The molecule has 0 fully saturated rings. The summed E-state index contributed by atoms with van der Waals surface area (Å²) in [6, 6.07) is 2.61. The largest absolute Gasteiger partial charge is 0.444 e. The van der Waals surface area contributed by atoms with E-state index in [0.717, 1.165) is 0 Å². The van der Waals surface area contributed by atoms with Crippen LogP contribution in [0.15, 0.2) is 12.1 Å². The maximum Gasteiger partial charge on any atom is 0.412 e. The summed E-state index contributed by atoms with van der Waals surface area (Å²) in [5, 5.41) is 2.22. The smallest absolute Gasteiger partial charge is 0.412 e. The Morgan fingerprint density at radius 2 is 2.05 bits per heavy atom. The highest BCUT2D eigenvalue weighted by Gasteiger charge is 2.19. The fourth-order valence-corrected chi connectivity index (χ4v) is 1.24. The van der Waals surface area contributed by atoms with Crippen LogP contribution in [0.1, 0.15) is 20.8 Å². The highest BCUT2D eigenvalue weighted by atomic mass is 35.5. The molecule has 1 amide bonds. The first-order valence-corrected chi connectivity index (χ1v) is 5.66. The van der Waals surface area contributed by atoms with Crippen molar-refractivity contribution in [1.29, 1.82) is 0 Å². The molecule has 0 aliphatic rings. The van der Waals surface area contributed by atoms with Gasteiger partial charge in [-0.1, -0.05) is 11.6 Å². The number of amides is 1. The number of halogens is 3. The Morgan fingerprint density at radius 1 is 1.42 bits per heavy atom. The Bertz CT molecular complexity index is 464. The van der Waals surface area contributed by atoms with Gasteiger partial charge in [0, 0.05) is 0 Å². The number of nitrogens with zero attached hydrogens (tertiary/aromatic N) is 1. The van der Waals surface area contributed by atoms with E-state index in [-0.39, 0.29) is 10.8 Å². The molecule has 0 bridgehead atoms. The van der Waals surface area contributed by atoms with Crippen molar-refractivity contribution in [3.05, 3.63) is 17.3 Å². The van der Waals surface area contributed by atoms with Gasteiger partial charge in [-0.15, -0.1) is 0 Å². The predicted molar refractivity (Wildman–Crippen MR) is 65.7 cm³/mol. The van der Waals surface area contributed by atoms with Crippen molar-refractivity contribution >= 4 is 23.4 Å². The van der Waals surface area contributed by atoms with Crippen LogP contribution in [0.2, 0.25) is 5.15 Å². The Kier molecular flexibility index (Phi) is 4.88. The molecule has 0 aliphatic heterocycles. The number of aromatic nitrogens is 1. The summed E-state index contributed by atoms with van der Waals surface area (Å²) in [6.07, 6.45) is -0.810. The maximum absolute atomic E-state index is 12.2. The number of carbonyl (C=O) groups excluding carboxylic acids is 1. The third-order valence-corrected chi connectivity index (χ3v) is 1.87. The van der Waals surface area contributed by atoms with Crippen molar-refractivity contribution in [1.82, 2.24) is 4.98 Å². The van der Waals surface area contributed by atoms with Crippen molar-refractivity contribution in [3.8, 4) is 5.88 Å². The zero-order valence-corrected chi connectivity index (χ0v) is 11.3. The summed E-state index contributed by atoms with van der Waals surface area (Å²) in [6.45, 7) is 1.93. The molecule has 0 radical (unpaired) electrons. The molecular formula is C11H13ClF2N2O3. The fourth-order valence-electron chi connectivity index (χ4n) is 1.10. The molecule has 1 aromatic heterocycles. The highest BCUT2D eigenvalue weighted by molar-refractivity contribution is 6.29. The number of anilines is 1. The molecule has 1 rings (SSSR count). The molecule has 0 spiro atoms. The predicted octanol–water partition coefficient (Wildman–Crippen LogP) is 3.68. The molecule has 0 saturated heterocycles. The number of hydrogen-bond acceptors (Lipinski definition) is 4. The Balaban J connectivity index is 2.85. The summed E-state index contributed by atoms with van der Waals surface area (Å²) in [5.74, 6) is -0.478. The number of pyridine rings is 1. The second-order valence-corrected chi connectivity index (χ2v) is 4.88. The Morgan fingerprint density at radius 3 is 2.58 bits per heavy atom. The van der Waals surface area contributed by atoms with E-state index >= 15 is 0 Å². The van der Waals surface area contributed by atoms with E-state index < -0.39 is 24.2 Å². The fraction of sp³-hybridized carbons (Fsp3) is 0.455. The van der Waals surface area contributed by atoms with Gasteiger partial charge in [0.1, 0.15) is 16.4 Å². The zero-order valence-electron chi connectivity index (χ0n) is 10.5. The first-order chi connectivity index (χ1) is 8.67. The Labute approximate surface area is 113 Å². The van der Waals surface area contributed by atoms with Gasteiger partial charge in [0.25, 0.3) is 0 Å². The van der Waals surface area contributed by atoms with E-state index in [1.54, 1.807) is 20.8 Å². The van der Waals surface area contributed by atoms with Crippen LogP contribution in [-0.4, -0.2) is 23.3 Å². The van der Waals surface area contributed by atoms with Crippen LogP contribution in [0.25, 0.3) is 0 Å². The van der Waals surface area contributed by atoms with Crippen molar-refractivity contribution in [2.75, 3.05) is 5.32 Å². The van der Waals surface area contributed by atoms with Crippen LogP contribution in [0.5, 0.6) is 5.88 Å². The average molecular weight is 295 g/mol. The maximum atomic E-state index is 12.2. The van der Waals surface area contributed by atoms with Gasteiger partial charge in [-0.3, -0.25) is 5.32 Å². The molecule has 8 heteroatoms. The number of rotatable bonds is 3. The average Bonchev–Trinajstić information content (AvgIpc) is 2.18. The van der Waals surface area contributed by atoms with Gasteiger partial charge < -0.3 is 9.47 Å². The molecule has 0 unspecified atom stereocenters. The number of carbonyl (C=O) groups is 1. The monoisotopic (exact) mass is 294 g/mol. The lowest BCUT2D eigenvalue weighted by atomic mass is 10.2. The number of alkyl halides is 2. The third-order valence-electron chi connectivity index (χ3n) is 1.66. The van der Waals surface area contributed by atoms with Gasteiger partial charge in [0.15, 0.2) is 0 Å². The number of hydrogen-bond donors (Lipinski definition) is 1. The third kappa shape index (κ3) is 5.69. The second kappa shape index (κ2) is 6.01. The van der Waals surface area contributed by atoms with Crippen molar-refractivity contribution < 1.29 is 23.0 Å². The summed E-state index contributed by atoms with van der Waals surface area (Å²) >= 11 is 5.56. The molecule has 5 nitrogen and oxygen atoms in total. The van der Waals surface area contributed by atoms with Gasteiger partial charge in [0.2, 0.25) is 5.88 Å². The SMILES string of the molecule is CC(C)(C)OC(=O)Nc1ccc(Cl)nc1OC(F)F. The summed E-state index contributed by atoms with van der Waals surface area (Å²) in [5.41, 5.74) is -0.771. The van der Waals surface area contributed by atoms with Crippen LogP contribution in [-0.2, 0) is 4.74 Å². The highest BCUT2D eigenvalue weighted by Crippen LogP contribution is 2.26. The lowest BCUT2D eigenvalue weighted by Gasteiger charge is -2.20. The van der Waals surface area contributed by atoms with Crippen LogP contribution < -0.4 is 10.1 Å². The molecule has 19 heavy (non-hydrogen) atoms. The second-order valence-electron chi connectivity index (χ2n) is 4.49. The molecule has 1 heterocycles. The molecule has 0 atom stereocenters. The molecule has 1 aromatic rings. The minimum Gasteiger partial charge on any atom is -0.444 e. The van der Waals surface area contributed by atoms with Crippen LogP contribution in [0, 0.1) is 0 Å². The van der Waals surface area contributed by atoms with Crippen molar-refractivity contribution in [3.63, 3.8) is 0 Å². The zero-order chi connectivity index (χ0) is 14.6. The van der Waals surface area contributed by atoms with Crippen LogP contribution in [0.4, 0.5) is 19.3 Å². The topological polar surface area (TPSA) is 60.5 Å². The van der Waals surface area contributed by atoms with E-state index in [4.69, 9.17) is 16.3 Å². The first kappa shape index (κ1) is 15.4. The van der Waals surface area contributed by atoms with Crippen molar-refractivity contribution in [2.24, 2.45) is 0 Å². The quantitative estimate of drug-likeness (QED) is 0.864. The van der Waals surface area contributed by atoms with E-state index in [1.807, 2.05) is 0 Å². The van der Waals surface area contributed by atoms with E-state index in [1.165, 1.54) is 12.1 Å². The number of nitrogens with one attached hydrogen (secondary N) is 1. The first-order valence-electron chi connectivity index (χ1n) is 5.29. The van der Waals surface area contributed by atoms with E-state index in [2.05, 4.69) is 15.0 Å². The van der Waals surface area contributed by atoms with Gasteiger partial charge in [0.05, 0.1) is 0 Å². The Hall–Kier alpha value is -1.63. The van der Waals surface area contributed by atoms with E-state index in [9.17, 15) is 13.6 Å². The minimum absolute atomic E-state index is 0.0367. The normalized spacial score (nSPS) is 11.3. The van der Waals surface area contributed by atoms with Gasteiger partial charge in [-0.05, 0) is 32.9 Å². The molecule has 0 saturated carbocycles. The van der Waals surface area contributed by atoms with Crippen LogP contribution in [0.3, 0.4) is 0 Å². The molecule has 1 N–H and O–H groups in total. The lowest BCUT2D eigenvalue weighted by molar-refractivity contribution is -0.0523. The van der Waals surface area contributed by atoms with Gasteiger partial charge in [-0.25, -0.2) is 4.79 Å². The molecule has 0 aromatic carbocycles. The van der Waals surface area contributed by atoms with E-state index in [0.29, 0.717) is 0 Å².